The molecule has 2 aromatic heterocycles. The van der Waals surface area contributed by atoms with Gasteiger partial charge >= 0.3 is 5.69 Å². The van der Waals surface area contributed by atoms with E-state index in [1.807, 2.05) is 86.7 Å². The lowest BCUT2D eigenvalue weighted by Crippen LogP contribution is -2.41. The van der Waals surface area contributed by atoms with Gasteiger partial charge in [-0.05, 0) is 96.4 Å². The molecule has 0 atom stereocenters. The highest BCUT2D eigenvalue weighted by atomic mass is 32.2. The van der Waals surface area contributed by atoms with Crippen molar-refractivity contribution in [2.75, 3.05) is 17.2 Å². The number of hydrogen-bond donors (Lipinski definition) is 2. The third-order valence-electron chi connectivity index (χ3n) is 12.0. The fourth-order valence-electron chi connectivity index (χ4n) is 8.68. The minimum Gasteiger partial charge on any atom is -0.494 e. The number of fused-ring (bicyclic) bond motifs is 3. The van der Waals surface area contributed by atoms with E-state index < -0.39 is 21.4 Å². The SMILES string of the molecule is CCCCC[n+]1c(/C=C/C2=C(c3c(O)n(CCCC)c(=O)n(CCCC)c3=O)C(=C/C=C3\C=Cc4ccccc4N3CCCCS(=O)(=O)O)/c3ccccc32)ccc2ccccc21. The molecule has 0 unspecified atom stereocenters. The number of aryl methyl sites for hydroxylation is 1. The predicted octanol–water partition coefficient (Wildman–Crippen LogP) is 10.1. The number of aromatic hydroxyl groups is 1. The maximum absolute atomic E-state index is 14.9. The van der Waals surface area contributed by atoms with Crippen molar-refractivity contribution in [1.82, 2.24) is 9.13 Å². The molecule has 1 aliphatic heterocycles. The van der Waals surface area contributed by atoms with Gasteiger partial charge in [-0.15, -0.1) is 0 Å². The van der Waals surface area contributed by atoms with E-state index in [0.717, 1.165) is 94.5 Å². The molecule has 63 heavy (non-hydrogen) atoms. The predicted molar refractivity (Wildman–Crippen MR) is 257 cm³/mol. The highest BCUT2D eigenvalue weighted by Gasteiger charge is 2.32. The molecule has 2 aliphatic rings. The summed E-state index contributed by atoms with van der Waals surface area (Å²) in [6, 6.07) is 28.7. The fraction of sp³-hybridized carbons (Fsp3) is 0.327. The van der Waals surface area contributed by atoms with Crippen LogP contribution in [-0.4, -0.2) is 39.5 Å². The third-order valence-corrected chi connectivity index (χ3v) is 12.8. The number of nitrogens with zero attached hydrogens (tertiary/aromatic N) is 4. The van der Waals surface area contributed by atoms with Crippen molar-refractivity contribution in [1.29, 1.82) is 0 Å². The lowest BCUT2D eigenvalue weighted by atomic mass is 9.96. The van der Waals surface area contributed by atoms with Gasteiger partial charge < -0.3 is 10.0 Å². The number of para-hydroxylation sites is 2. The van der Waals surface area contributed by atoms with Crippen molar-refractivity contribution in [3.05, 3.63) is 164 Å². The standard InChI is InChI=1S/C52H58N4O6S/c1-4-7-16-35-53-40(27-25-38-19-10-14-23-46(38)53)29-31-44-42-21-12-13-22-43(42)45(48(44)49-50(57)55(33-8-5-2)52(59)56(51(49)58)34-9-6-3)32-30-41-28-26-39-20-11-15-24-47(39)54(41)36-17-18-37-63(60,61)62/h10-15,19-32H,4-9,16-18,33-37H2,1-3H3,(H,60,61,62)/p+1/b41-30+,45-32+. The van der Waals surface area contributed by atoms with E-state index in [4.69, 9.17) is 0 Å². The number of allylic oxidation sites excluding steroid dienone is 7. The van der Waals surface area contributed by atoms with Crippen LogP contribution in [0.1, 0.15) is 107 Å². The maximum Gasteiger partial charge on any atom is 0.333 e. The Kier molecular flexibility index (Phi) is 14.6. The van der Waals surface area contributed by atoms with Gasteiger partial charge in [-0.1, -0.05) is 107 Å². The zero-order valence-electron chi connectivity index (χ0n) is 36.7. The molecule has 1 aliphatic carbocycles. The van der Waals surface area contributed by atoms with Gasteiger partial charge in [-0.3, -0.25) is 18.5 Å². The molecular formula is C52H59N4O6S+. The Morgan fingerprint density at radius 2 is 1.38 bits per heavy atom. The van der Waals surface area contributed by atoms with E-state index in [0.29, 0.717) is 37.8 Å². The highest BCUT2D eigenvalue weighted by molar-refractivity contribution is 7.85. The molecule has 11 heteroatoms. The average molecular weight is 868 g/mol. The van der Waals surface area contributed by atoms with Gasteiger partial charge in [-0.2, -0.15) is 13.0 Å². The molecule has 7 rings (SSSR count). The van der Waals surface area contributed by atoms with E-state index in [1.165, 1.54) is 9.13 Å². The molecule has 328 valence electrons. The summed E-state index contributed by atoms with van der Waals surface area (Å²) in [5, 5.41) is 13.4. The summed E-state index contributed by atoms with van der Waals surface area (Å²) in [6.45, 7) is 8.08. The van der Waals surface area contributed by atoms with E-state index >= 15 is 0 Å². The summed E-state index contributed by atoms with van der Waals surface area (Å²) in [5.74, 6) is -0.661. The largest absolute Gasteiger partial charge is 0.494 e. The van der Waals surface area contributed by atoms with E-state index in [2.05, 4.69) is 64.9 Å². The summed E-state index contributed by atoms with van der Waals surface area (Å²) >= 11 is 0. The number of anilines is 1. The highest BCUT2D eigenvalue weighted by Crippen LogP contribution is 2.48. The summed E-state index contributed by atoms with van der Waals surface area (Å²) in [6.07, 6.45) is 19.1. The monoisotopic (exact) mass is 867 g/mol. The molecule has 10 nitrogen and oxygen atoms in total. The maximum atomic E-state index is 14.9. The molecule has 0 saturated carbocycles. The molecular weight excluding hydrogens is 809 g/mol. The first-order chi connectivity index (χ1) is 30.6. The number of aromatic nitrogens is 3. The normalized spacial score (nSPS) is 15.1. The lowest BCUT2D eigenvalue weighted by Gasteiger charge is -2.30. The van der Waals surface area contributed by atoms with Crippen molar-refractivity contribution in [2.24, 2.45) is 0 Å². The van der Waals surface area contributed by atoms with Gasteiger partial charge in [0.25, 0.3) is 15.7 Å². The fourth-order valence-corrected chi connectivity index (χ4v) is 9.25. The van der Waals surface area contributed by atoms with Crippen LogP contribution in [0.5, 0.6) is 5.88 Å². The molecule has 0 amide bonds. The van der Waals surface area contributed by atoms with Crippen molar-refractivity contribution in [3.63, 3.8) is 0 Å². The first-order valence-electron chi connectivity index (χ1n) is 22.5. The second-order valence-corrected chi connectivity index (χ2v) is 17.9. The van der Waals surface area contributed by atoms with Crippen LogP contribution in [-0.2, 0) is 29.8 Å². The van der Waals surface area contributed by atoms with E-state index in [-0.39, 0.29) is 30.3 Å². The average Bonchev–Trinajstić information content (AvgIpc) is 3.58. The molecule has 0 fully saturated rings. The number of hydrogen-bond acceptors (Lipinski definition) is 6. The Hall–Kier alpha value is -6.04. The van der Waals surface area contributed by atoms with Crippen molar-refractivity contribution in [3.8, 4) is 5.88 Å². The van der Waals surface area contributed by atoms with Gasteiger partial charge in [-0.25, -0.2) is 4.79 Å². The van der Waals surface area contributed by atoms with Gasteiger partial charge in [0, 0.05) is 66.6 Å². The second kappa shape index (κ2) is 20.4. The zero-order valence-corrected chi connectivity index (χ0v) is 37.5. The van der Waals surface area contributed by atoms with Crippen LogP contribution in [0.4, 0.5) is 5.69 Å². The van der Waals surface area contributed by atoms with Crippen LogP contribution in [0, 0.1) is 0 Å². The summed E-state index contributed by atoms with van der Waals surface area (Å²) < 4.78 is 37.6. The lowest BCUT2D eigenvalue weighted by molar-refractivity contribution is -0.673. The minimum atomic E-state index is -4.09. The number of rotatable bonds is 19. The molecule has 5 aromatic rings. The topological polar surface area (TPSA) is 126 Å². The molecule has 0 bridgehead atoms. The summed E-state index contributed by atoms with van der Waals surface area (Å²) in [5.41, 5.74) is 7.79. The molecule has 0 saturated heterocycles. The Balaban J connectivity index is 1.47. The quantitative estimate of drug-likeness (QED) is 0.0481. The van der Waals surface area contributed by atoms with Crippen molar-refractivity contribution >= 4 is 55.6 Å². The van der Waals surface area contributed by atoms with Gasteiger partial charge in [0.05, 0.1) is 5.75 Å². The molecule has 3 heterocycles. The van der Waals surface area contributed by atoms with Gasteiger partial charge in [0.1, 0.15) is 12.1 Å². The Morgan fingerprint density at radius 3 is 2.14 bits per heavy atom. The first kappa shape index (κ1) is 45.0. The van der Waals surface area contributed by atoms with Crippen LogP contribution in [0.25, 0.3) is 39.8 Å². The number of pyridine rings is 1. The third kappa shape index (κ3) is 9.95. The number of unbranched alkanes of at least 4 members (excludes halogenated alkanes) is 5. The Morgan fingerprint density at radius 1 is 0.683 bits per heavy atom. The minimum absolute atomic E-state index is 0.0863. The number of benzene rings is 3. The summed E-state index contributed by atoms with van der Waals surface area (Å²) in [4.78, 5) is 31.1. The van der Waals surface area contributed by atoms with Crippen molar-refractivity contribution in [2.45, 2.75) is 98.2 Å². The van der Waals surface area contributed by atoms with Crippen LogP contribution in [0.15, 0.2) is 125 Å². The van der Waals surface area contributed by atoms with Crippen molar-refractivity contribution < 1.29 is 22.6 Å². The Bertz CT molecular complexity index is 2880. The van der Waals surface area contributed by atoms with Crippen LogP contribution < -0.4 is 20.7 Å². The molecule has 3 aromatic carbocycles. The second-order valence-electron chi connectivity index (χ2n) is 16.3. The zero-order chi connectivity index (χ0) is 44.5. The van der Waals surface area contributed by atoms with Gasteiger partial charge in [0.15, 0.2) is 0 Å². The Labute approximate surface area is 370 Å². The molecule has 0 radical (unpaired) electrons. The summed E-state index contributed by atoms with van der Waals surface area (Å²) in [7, 11) is -4.09. The first-order valence-corrected chi connectivity index (χ1v) is 24.1. The molecule has 2 N–H and O–H groups in total. The van der Waals surface area contributed by atoms with Crippen LogP contribution >= 0.6 is 0 Å². The van der Waals surface area contributed by atoms with Gasteiger partial charge in [0.2, 0.25) is 17.1 Å². The van der Waals surface area contributed by atoms with E-state index in [9.17, 15) is 27.7 Å². The smallest absolute Gasteiger partial charge is 0.333 e. The van der Waals surface area contributed by atoms with E-state index in [1.54, 1.807) is 0 Å². The van der Waals surface area contributed by atoms with Crippen LogP contribution in [0.2, 0.25) is 0 Å². The molecule has 0 spiro atoms. The van der Waals surface area contributed by atoms with Crippen LogP contribution in [0.3, 0.4) is 0 Å².